The third kappa shape index (κ3) is 1.42. The fraction of sp³-hybridized carbons (Fsp3) is 0.286. The van der Waals surface area contributed by atoms with Crippen LogP contribution in [0.15, 0.2) is 15.3 Å². The van der Waals surface area contributed by atoms with Crippen molar-refractivity contribution in [3.8, 4) is 0 Å². The Balaban J connectivity index is 3.33. The van der Waals surface area contributed by atoms with Crippen molar-refractivity contribution < 1.29 is 4.42 Å². The molecule has 1 heterocycles. The fourth-order valence-electron chi connectivity index (χ4n) is 0.696. The Morgan fingerprint density at radius 1 is 1.56 bits per heavy atom. The molecule has 1 aromatic heterocycles. The summed E-state index contributed by atoms with van der Waals surface area (Å²) in [6, 6.07) is 4.25. The maximum absolute atomic E-state index is 10.5. The standard InChI is InChI=1S/C7H7O2/c1-5-3-6(2)9-7(8)4-5/h4H,1-2H3. The van der Waals surface area contributed by atoms with Crippen LogP contribution in [0.1, 0.15) is 11.3 Å². The predicted molar refractivity (Wildman–Crippen MR) is 33.3 cm³/mol. The van der Waals surface area contributed by atoms with Gasteiger partial charge in [-0.25, -0.2) is 4.79 Å². The van der Waals surface area contributed by atoms with Crippen LogP contribution in [0.4, 0.5) is 0 Å². The maximum Gasteiger partial charge on any atom is 0.336 e. The van der Waals surface area contributed by atoms with Crippen molar-refractivity contribution in [2.45, 2.75) is 13.8 Å². The van der Waals surface area contributed by atoms with Gasteiger partial charge in [0, 0.05) is 12.1 Å². The van der Waals surface area contributed by atoms with E-state index in [0.29, 0.717) is 5.76 Å². The smallest absolute Gasteiger partial charge is 0.336 e. The molecule has 1 radical (unpaired) electrons. The maximum atomic E-state index is 10.5. The molecule has 0 aromatic carbocycles. The monoisotopic (exact) mass is 123 g/mol. The van der Waals surface area contributed by atoms with Gasteiger partial charge >= 0.3 is 5.63 Å². The Morgan fingerprint density at radius 2 is 2.22 bits per heavy atom. The molecule has 0 atom stereocenters. The second-order valence-corrected chi connectivity index (χ2v) is 1.93. The first-order valence-electron chi connectivity index (χ1n) is 2.69. The highest BCUT2D eigenvalue weighted by Gasteiger charge is 1.90. The van der Waals surface area contributed by atoms with Gasteiger partial charge in [0.2, 0.25) is 0 Å². The Kier molecular flexibility index (Phi) is 1.39. The summed E-state index contributed by atoms with van der Waals surface area (Å²) < 4.78 is 4.65. The van der Waals surface area contributed by atoms with E-state index in [9.17, 15) is 4.79 Å². The lowest BCUT2D eigenvalue weighted by Crippen LogP contribution is -1.97. The molecule has 0 N–H and O–H groups in total. The summed E-state index contributed by atoms with van der Waals surface area (Å²) in [5, 5.41) is 0. The van der Waals surface area contributed by atoms with Gasteiger partial charge in [-0.2, -0.15) is 0 Å². The lowest BCUT2D eigenvalue weighted by atomic mass is 10.3. The molecule has 2 nitrogen and oxygen atoms in total. The van der Waals surface area contributed by atoms with Crippen LogP contribution in [0.2, 0.25) is 0 Å². The zero-order chi connectivity index (χ0) is 6.85. The zero-order valence-corrected chi connectivity index (χ0v) is 5.39. The highest BCUT2D eigenvalue weighted by atomic mass is 16.4. The summed E-state index contributed by atoms with van der Waals surface area (Å²) in [7, 11) is 0. The number of hydrogen-bond donors (Lipinski definition) is 0. The Hall–Kier alpha value is -1.05. The normalized spacial score (nSPS) is 9.56. The molecule has 0 saturated heterocycles. The average molecular weight is 123 g/mol. The van der Waals surface area contributed by atoms with Crippen molar-refractivity contribution in [2.24, 2.45) is 0 Å². The van der Waals surface area contributed by atoms with Gasteiger partial charge in [-0.05, 0) is 19.4 Å². The second kappa shape index (κ2) is 2.05. The fourth-order valence-corrected chi connectivity index (χ4v) is 0.696. The molecule has 2 heteroatoms. The minimum Gasteiger partial charge on any atom is -0.428 e. The third-order valence-electron chi connectivity index (χ3n) is 0.961. The molecule has 0 spiro atoms. The lowest BCUT2D eigenvalue weighted by Gasteiger charge is -1.89. The molecule has 0 fully saturated rings. The van der Waals surface area contributed by atoms with Crippen molar-refractivity contribution in [3.63, 3.8) is 0 Å². The quantitative estimate of drug-likeness (QED) is 0.516. The van der Waals surface area contributed by atoms with Crippen molar-refractivity contribution in [1.82, 2.24) is 0 Å². The second-order valence-electron chi connectivity index (χ2n) is 1.93. The molecule has 0 aliphatic heterocycles. The van der Waals surface area contributed by atoms with Gasteiger partial charge in [0.15, 0.2) is 0 Å². The van der Waals surface area contributed by atoms with Crippen molar-refractivity contribution >= 4 is 0 Å². The van der Waals surface area contributed by atoms with E-state index in [1.54, 1.807) is 6.92 Å². The Morgan fingerprint density at radius 3 is 2.67 bits per heavy atom. The number of aryl methyl sites for hydroxylation is 2. The molecular weight excluding hydrogens is 116 g/mol. The average Bonchev–Trinajstić information content (AvgIpc) is 1.59. The molecule has 0 bridgehead atoms. The van der Waals surface area contributed by atoms with E-state index in [4.69, 9.17) is 0 Å². The molecule has 1 rings (SSSR count). The van der Waals surface area contributed by atoms with Crippen LogP contribution in [0.3, 0.4) is 0 Å². The topological polar surface area (TPSA) is 30.2 Å². The minimum atomic E-state index is -0.302. The van der Waals surface area contributed by atoms with Gasteiger partial charge in [0.1, 0.15) is 5.76 Å². The van der Waals surface area contributed by atoms with Crippen LogP contribution in [0.25, 0.3) is 0 Å². The number of rotatable bonds is 0. The molecule has 0 aliphatic carbocycles. The highest BCUT2D eigenvalue weighted by molar-refractivity contribution is 5.07. The van der Waals surface area contributed by atoms with Gasteiger partial charge in [-0.1, -0.05) is 0 Å². The Bertz CT molecular complexity index is 237. The summed E-state index contributed by atoms with van der Waals surface area (Å²) in [5.41, 5.74) is 0.521. The predicted octanol–water partition coefficient (Wildman–Crippen LogP) is 1.06. The molecule has 9 heavy (non-hydrogen) atoms. The van der Waals surface area contributed by atoms with E-state index in [0.717, 1.165) is 5.56 Å². The van der Waals surface area contributed by atoms with Gasteiger partial charge in [0.05, 0.1) is 0 Å². The highest BCUT2D eigenvalue weighted by Crippen LogP contribution is 1.94. The summed E-state index contributed by atoms with van der Waals surface area (Å²) in [6.07, 6.45) is 0. The number of hydrogen-bond acceptors (Lipinski definition) is 2. The van der Waals surface area contributed by atoms with Crippen molar-refractivity contribution in [2.75, 3.05) is 0 Å². The van der Waals surface area contributed by atoms with Gasteiger partial charge in [-0.15, -0.1) is 0 Å². The first-order valence-corrected chi connectivity index (χ1v) is 2.69. The van der Waals surface area contributed by atoms with Crippen LogP contribution >= 0.6 is 0 Å². The van der Waals surface area contributed by atoms with Crippen molar-refractivity contribution in [1.29, 1.82) is 0 Å². The largest absolute Gasteiger partial charge is 0.428 e. The molecule has 0 amide bonds. The van der Waals surface area contributed by atoms with E-state index >= 15 is 0 Å². The van der Waals surface area contributed by atoms with Gasteiger partial charge in [-0.3, -0.25) is 0 Å². The van der Waals surface area contributed by atoms with Crippen LogP contribution in [0.5, 0.6) is 0 Å². The first kappa shape index (κ1) is 6.08. The molecule has 47 valence electrons. The van der Waals surface area contributed by atoms with E-state index in [-0.39, 0.29) is 5.63 Å². The molecule has 0 unspecified atom stereocenters. The van der Waals surface area contributed by atoms with E-state index in [1.807, 2.05) is 6.92 Å². The van der Waals surface area contributed by atoms with E-state index < -0.39 is 0 Å². The zero-order valence-electron chi connectivity index (χ0n) is 5.39. The van der Waals surface area contributed by atoms with Gasteiger partial charge in [0.25, 0.3) is 0 Å². The summed E-state index contributed by atoms with van der Waals surface area (Å²) in [5.74, 6) is 0.542. The lowest BCUT2D eigenvalue weighted by molar-refractivity contribution is 0.477. The van der Waals surface area contributed by atoms with Crippen LogP contribution in [0, 0.1) is 19.9 Å². The van der Waals surface area contributed by atoms with Gasteiger partial charge < -0.3 is 4.42 Å². The summed E-state index contributed by atoms with van der Waals surface area (Å²) >= 11 is 0. The summed E-state index contributed by atoms with van der Waals surface area (Å²) in [4.78, 5) is 10.5. The molecular formula is C7H7O2. The van der Waals surface area contributed by atoms with E-state index in [1.165, 1.54) is 6.07 Å². The van der Waals surface area contributed by atoms with E-state index in [2.05, 4.69) is 10.5 Å². The molecule has 0 aliphatic rings. The van der Waals surface area contributed by atoms with Crippen LogP contribution < -0.4 is 5.63 Å². The summed E-state index contributed by atoms with van der Waals surface area (Å²) in [6.45, 7) is 3.51. The minimum absolute atomic E-state index is 0.302. The first-order chi connectivity index (χ1) is 4.18. The van der Waals surface area contributed by atoms with Crippen LogP contribution in [-0.2, 0) is 0 Å². The Labute approximate surface area is 53.1 Å². The third-order valence-corrected chi connectivity index (χ3v) is 0.961. The SMILES string of the molecule is Cc1[c]c(C)oc(=O)c1. The molecule has 0 saturated carbocycles. The molecule has 1 aromatic rings. The van der Waals surface area contributed by atoms with Crippen LogP contribution in [-0.4, -0.2) is 0 Å². The van der Waals surface area contributed by atoms with Crippen molar-refractivity contribution in [3.05, 3.63) is 33.9 Å².